The first-order valence-electron chi connectivity index (χ1n) is 6.77. The molecule has 0 fully saturated rings. The first kappa shape index (κ1) is 15.8. The van der Waals surface area contributed by atoms with Crippen LogP contribution in [0.3, 0.4) is 0 Å². The Labute approximate surface area is 145 Å². The van der Waals surface area contributed by atoms with E-state index in [0.29, 0.717) is 16.3 Å². The molecule has 0 atom stereocenters. The van der Waals surface area contributed by atoms with Crippen LogP contribution < -0.4 is 0 Å². The number of pyridine rings is 1. The van der Waals surface area contributed by atoms with Gasteiger partial charge in [-0.15, -0.1) is 0 Å². The highest BCUT2D eigenvalue weighted by molar-refractivity contribution is 9.10. The summed E-state index contributed by atoms with van der Waals surface area (Å²) in [5.74, 6) is -0.603. The van der Waals surface area contributed by atoms with Crippen molar-refractivity contribution in [1.82, 2.24) is 4.98 Å². The average molecular weight is 391 g/mol. The number of hydrogen-bond donors (Lipinski definition) is 0. The molecule has 1 heterocycles. The molecule has 0 N–H and O–H groups in total. The summed E-state index contributed by atoms with van der Waals surface area (Å²) in [7, 11) is 0. The molecule has 3 aromatic rings. The molecule has 0 aliphatic rings. The van der Waals surface area contributed by atoms with Gasteiger partial charge in [-0.3, -0.25) is 4.79 Å². The van der Waals surface area contributed by atoms with Crippen LogP contribution in [0.4, 0.5) is 4.39 Å². The van der Waals surface area contributed by atoms with Gasteiger partial charge in [0.2, 0.25) is 0 Å². The van der Waals surface area contributed by atoms with Crippen molar-refractivity contribution in [3.63, 3.8) is 0 Å². The van der Waals surface area contributed by atoms with Crippen molar-refractivity contribution in [3.8, 4) is 0 Å². The maximum atomic E-state index is 12.9. The predicted molar refractivity (Wildman–Crippen MR) is 94.2 cm³/mol. The quantitative estimate of drug-likeness (QED) is 0.327. The molecular formula is C18H10BrClFNO. The smallest absolute Gasteiger partial charge is 0.185 e. The summed E-state index contributed by atoms with van der Waals surface area (Å²) in [6.45, 7) is 0. The SMILES string of the molecule is O=C(/C=C/c1cc2cc(Br)ccc2nc1Cl)c1ccc(F)cc1. The fourth-order valence-corrected chi connectivity index (χ4v) is 2.72. The van der Waals surface area contributed by atoms with Crippen LogP contribution in [0.1, 0.15) is 15.9 Å². The van der Waals surface area contributed by atoms with Crippen LogP contribution in [0.5, 0.6) is 0 Å². The minimum absolute atomic E-state index is 0.226. The molecule has 0 aliphatic heterocycles. The topological polar surface area (TPSA) is 30.0 Å². The number of ketones is 1. The van der Waals surface area contributed by atoms with Gasteiger partial charge in [0.25, 0.3) is 0 Å². The normalized spacial score (nSPS) is 11.3. The molecule has 1 aromatic heterocycles. The van der Waals surface area contributed by atoms with Crippen molar-refractivity contribution in [3.05, 3.63) is 81.2 Å². The van der Waals surface area contributed by atoms with Crippen LogP contribution >= 0.6 is 27.5 Å². The molecule has 0 saturated heterocycles. The maximum Gasteiger partial charge on any atom is 0.185 e. The Hall–Kier alpha value is -2.04. The minimum Gasteiger partial charge on any atom is -0.289 e. The number of nitrogens with zero attached hydrogens (tertiary/aromatic N) is 1. The molecule has 0 unspecified atom stereocenters. The van der Waals surface area contributed by atoms with E-state index in [0.717, 1.165) is 15.4 Å². The summed E-state index contributed by atoms with van der Waals surface area (Å²) >= 11 is 9.57. The zero-order valence-electron chi connectivity index (χ0n) is 11.8. The number of aromatic nitrogens is 1. The number of carbonyl (C=O) groups is 1. The van der Waals surface area contributed by atoms with Gasteiger partial charge in [0, 0.05) is 21.0 Å². The summed E-state index contributed by atoms with van der Waals surface area (Å²) in [5.41, 5.74) is 1.84. The van der Waals surface area contributed by atoms with Gasteiger partial charge in [0.1, 0.15) is 11.0 Å². The second-order valence-corrected chi connectivity index (χ2v) is 6.18. The third kappa shape index (κ3) is 3.66. The van der Waals surface area contributed by atoms with E-state index >= 15 is 0 Å². The van der Waals surface area contributed by atoms with Crippen molar-refractivity contribution in [2.75, 3.05) is 0 Å². The molecule has 0 saturated carbocycles. The highest BCUT2D eigenvalue weighted by Crippen LogP contribution is 2.24. The van der Waals surface area contributed by atoms with Crippen LogP contribution in [0, 0.1) is 5.82 Å². The Bertz CT molecular complexity index is 922. The molecule has 3 rings (SSSR count). The molecule has 2 aromatic carbocycles. The van der Waals surface area contributed by atoms with E-state index in [1.54, 1.807) is 6.08 Å². The van der Waals surface area contributed by atoms with Crippen LogP contribution in [0.15, 0.2) is 59.1 Å². The van der Waals surface area contributed by atoms with Crippen molar-refractivity contribution in [2.24, 2.45) is 0 Å². The van der Waals surface area contributed by atoms with Crippen LogP contribution in [-0.4, -0.2) is 10.8 Å². The second-order valence-electron chi connectivity index (χ2n) is 4.91. The standard InChI is InChI=1S/C18H10BrClFNO/c19-14-4-7-16-13(10-14)9-12(18(20)22-16)3-8-17(23)11-1-5-15(21)6-2-11/h1-10H/b8-3+. The number of carbonyl (C=O) groups excluding carboxylic acids is 1. The first-order chi connectivity index (χ1) is 11.0. The van der Waals surface area contributed by atoms with E-state index in [9.17, 15) is 9.18 Å². The van der Waals surface area contributed by atoms with Gasteiger partial charge in [-0.25, -0.2) is 9.37 Å². The summed E-state index contributed by atoms with van der Waals surface area (Å²) < 4.78 is 13.8. The summed E-state index contributed by atoms with van der Waals surface area (Å²) in [5, 5.41) is 1.24. The number of halogens is 3. The van der Waals surface area contributed by atoms with Gasteiger partial charge >= 0.3 is 0 Å². The van der Waals surface area contributed by atoms with Crippen molar-refractivity contribution < 1.29 is 9.18 Å². The lowest BCUT2D eigenvalue weighted by atomic mass is 10.1. The van der Waals surface area contributed by atoms with Gasteiger partial charge in [-0.2, -0.15) is 0 Å². The van der Waals surface area contributed by atoms with Gasteiger partial charge < -0.3 is 0 Å². The molecule has 0 bridgehead atoms. The van der Waals surface area contributed by atoms with E-state index in [1.807, 2.05) is 24.3 Å². The molecule has 0 aliphatic carbocycles. The van der Waals surface area contributed by atoms with E-state index < -0.39 is 0 Å². The zero-order valence-corrected chi connectivity index (χ0v) is 14.1. The molecule has 0 radical (unpaired) electrons. The number of rotatable bonds is 3. The highest BCUT2D eigenvalue weighted by atomic mass is 79.9. The maximum absolute atomic E-state index is 12.9. The van der Waals surface area contributed by atoms with Crippen molar-refractivity contribution in [1.29, 1.82) is 0 Å². The minimum atomic E-state index is -0.377. The monoisotopic (exact) mass is 389 g/mol. The van der Waals surface area contributed by atoms with Crippen molar-refractivity contribution in [2.45, 2.75) is 0 Å². The summed E-state index contributed by atoms with van der Waals surface area (Å²) in [4.78, 5) is 16.4. The molecular weight excluding hydrogens is 381 g/mol. The lowest BCUT2D eigenvalue weighted by Gasteiger charge is -2.03. The molecule has 0 amide bonds. The van der Waals surface area contributed by atoms with E-state index in [2.05, 4.69) is 20.9 Å². The second kappa shape index (κ2) is 6.60. The van der Waals surface area contributed by atoms with Crippen LogP contribution in [0.25, 0.3) is 17.0 Å². The first-order valence-corrected chi connectivity index (χ1v) is 7.94. The third-order valence-electron chi connectivity index (χ3n) is 3.30. The van der Waals surface area contributed by atoms with E-state index in [1.165, 1.54) is 30.3 Å². The Morgan fingerprint density at radius 2 is 1.87 bits per heavy atom. The lowest BCUT2D eigenvalue weighted by molar-refractivity contribution is 0.104. The highest BCUT2D eigenvalue weighted by Gasteiger charge is 2.05. The number of hydrogen-bond acceptors (Lipinski definition) is 2. The van der Waals surface area contributed by atoms with E-state index in [4.69, 9.17) is 11.6 Å². The Morgan fingerprint density at radius 1 is 1.13 bits per heavy atom. The third-order valence-corrected chi connectivity index (χ3v) is 4.10. The summed E-state index contributed by atoms with van der Waals surface area (Å²) in [6.07, 6.45) is 3.02. The molecule has 2 nitrogen and oxygen atoms in total. The average Bonchev–Trinajstić information content (AvgIpc) is 2.53. The predicted octanol–water partition coefficient (Wildman–Crippen LogP) is 5.69. The number of allylic oxidation sites excluding steroid dienone is 1. The Kier molecular flexibility index (Phi) is 4.55. The number of benzene rings is 2. The zero-order chi connectivity index (χ0) is 16.4. The van der Waals surface area contributed by atoms with Crippen LogP contribution in [-0.2, 0) is 0 Å². The number of fused-ring (bicyclic) bond motifs is 1. The van der Waals surface area contributed by atoms with Gasteiger partial charge in [-0.05, 0) is 60.7 Å². The van der Waals surface area contributed by atoms with E-state index in [-0.39, 0.29) is 11.6 Å². The molecule has 23 heavy (non-hydrogen) atoms. The largest absolute Gasteiger partial charge is 0.289 e. The molecule has 0 spiro atoms. The Balaban J connectivity index is 1.92. The lowest BCUT2D eigenvalue weighted by Crippen LogP contribution is -1.94. The fraction of sp³-hybridized carbons (Fsp3) is 0. The summed E-state index contributed by atoms with van der Waals surface area (Å²) in [6, 6.07) is 12.9. The van der Waals surface area contributed by atoms with Crippen LogP contribution in [0.2, 0.25) is 5.15 Å². The molecule has 5 heteroatoms. The molecule has 114 valence electrons. The van der Waals surface area contributed by atoms with Gasteiger partial charge in [0.05, 0.1) is 5.52 Å². The van der Waals surface area contributed by atoms with Gasteiger partial charge in [0.15, 0.2) is 5.78 Å². The Morgan fingerprint density at radius 3 is 2.61 bits per heavy atom. The van der Waals surface area contributed by atoms with Gasteiger partial charge in [-0.1, -0.05) is 27.5 Å². The fourth-order valence-electron chi connectivity index (χ4n) is 2.13. The van der Waals surface area contributed by atoms with Crippen molar-refractivity contribution >= 4 is 50.3 Å².